The summed E-state index contributed by atoms with van der Waals surface area (Å²) in [5.74, 6) is 2.15. The predicted molar refractivity (Wildman–Crippen MR) is 85.2 cm³/mol. The van der Waals surface area contributed by atoms with E-state index in [0.717, 1.165) is 23.7 Å². The van der Waals surface area contributed by atoms with Crippen molar-refractivity contribution in [2.75, 3.05) is 13.2 Å². The Labute approximate surface area is 131 Å². The summed E-state index contributed by atoms with van der Waals surface area (Å²) < 4.78 is 11.3. The Morgan fingerprint density at radius 1 is 1.23 bits per heavy atom. The molecule has 3 rings (SSSR count). The lowest BCUT2D eigenvalue weighted by molar-refractivity contribution is 0.171. The van der Waals surface area contributed by atoms with Crippen molar-refractivity contribution in [3.8, 4) is 11.5 Å². The molecule has 0 saturated carbocycles. The summed E-state index contributed by atoms with van der Waals surface area (Å²) in [5, 5.41) is 10.7. The quantitative estimate of drug-likeness (QED) is 0.891. The van der Waals surface area contributed by atoms with Crippen molar-refractivity contribution < 1.29 is 9.47 Å². The van der Waals surface area contributed by atoms with E-state index < -0.39 is 0 Å². The van der Waals surface area contributed by atoms with Gasteiger partial charge < -0.3 is 14.8 Å². The van der Waals surface area contributed by atoms with Crippen LogP contribution < -0.4 is 14.8 Å². The van der Waals surface area contributed by atoms with E-state index in [9.17, 15) is 0 Å². The van der Waals surface area contributed by atoms with Gasteiger partial charge in [0.2, 0.25) is 0 Å². The number of ether oxygens (including phenoxy) is 2. The van der Waals surface area contributed by atoms with E-state index >= 15 is 0 Å². The Hall–Kier alpha value is -2.01. The Morgan fingerprint density at radius 2 is 2.00 bits per heavy atom. The highest BCUT2D eigenvalue weighted by atomic mass is 16.6. The van der Waals surface area contributed by atoms with E-state index in [4.69, 9.17) is 9.47 Å². The molecule has 0 aliphatic carbocycles. The van der Waals surface area contributed by atoms with Gasteiger partial charge in [-0.05, 0) is 30.5 Å². The summed E-state index contributed by atoms with van der Waals surface area (Å²) in [4.78, 5) is 0. The van der Waals surface area contributed by atoms with Crippen molar-refractivity contribution in [1.82, 2.24) is 15.5 Å². The monoisotopic (exact) mass is 301 g/mol. The van der Waals surface area contributed by atoms with Crippen molar-refractivity contribution in [3.05, 3.63) is 41.2 Å². The molecule has 0 spiro atoms. The Bertz CT molecular complexity index is 637. The van der Waals surface area contributed by atoms with Gasteiger partial charge in [0.05, 0.1) is 6.20 Å². The summed E-state index contributed by atoms with van der Waals surface area (Å²) in [7, 11) is 0. The second-order valence-electron chi connectivity index (χ2n) is 6.03. The Morgan fingerprint density at radius 3 is 2.68 bits per heavy atom. The maximum absolute atomic E-state index is 5.70. The molecule has 0 amide bonds. The zero-order valence-corrected chi connectivity index (χ0v) is 13.3. The largest absolute Gasteiger partial charge is 0.486 e. The van der Waals surface area contributed by atoms with E-state index in [1.54, 1.807) is 0 Å². The molecule has 0 saturated heterocycles. The van der Waals surface area contributed by atoms with Crippen LogP contribution >= 0.6 is 0 Å². The van der Waals surface area contributed by atoms with Gasteiger partial charge in [-0.2, -0.15) is 5.10 Å². The first-order valence-corrected chi connectivity index (χ1v) is 7.77. The topological polar surface area (TPSA) is 59.2 Å². The van der Waals surface area contributed by atoms with E-state index in [1.165, 1.54) is 11.1 Å². The standard InChI is InChI=1S/C17H23N3O2/c1-11(2)17(18-9-14-10-19-20-12(14)3)13-4-5-15-16(8-13)22-7-6-21-15/h4-5,8,10-11,17-18H,6-7,9H2,1-3H3,(H,19,20)/t17-/m0/s1. The molecule has 0 bridgehead atoms. The summed E-state index contributed by atoms with van der Waals surface area (Å²) in [5.41, 5.74) is 3.53. The van der Waals surface area contributed by atoms with Crippen LogP contribution in [0.25, 0.3) is 0 Å². The number of aromatic amines is 1. The van der Waals surface area contributed by atoms with Crippen molar-refractivity contribution in [2.45, 2.75) is 33.4 Å². The molecular weight excluding hydrogens is 278 g/mol. The van der Waals surface area contributed by atoms with Crippen molar-refractivity contribution in [1.29, 1.82) is 0 Å². The fourth-order valence-electron chi connectivity index (χ4n) is 2.77. The molecule has 1 aromatic carbocycles. The summed E-state index contributed by atoms with van der Waals surface area (Å²) in [6.07, 6.45) is 1.88. The van der Waals surface area contributed by atoms with E-state index in [-0.39, 0.29) is 6.04 Å². The molecule has 118 valence electrons. The number of aromatic nitrogens is 2. The van der Waals surface area contributed by atoms with Crippen LogP contribution in [-0.4, -0.2) is 23.4 Å². The minimum atomic E-state index is 0.255. The zero-order chi connectivity index (χ0) is 15.5. The lowest BCUT2D eigenvalue weighted by Crippen LogP contribution is -2.26. The molecule has 0 radical (unpaired) electrons. The third-order valence-electron chi connectivity index (χ3n) is 4.04. The predicted octanol–water partition coefficient (Wildman–Crippen LogP) is 2.98. The van der Waals surface area contributed by atoms with Gasteiger partial charge >= 0.3 is 0 Å². The van der Waals surface area contributed by atoms with E-state index in [2.05, 4.69) is 41.5 Å². The third kappa shape index (κ3) is 3.09. The van der Waals surface area contributed by atoms with Crippen LogP contribution in [-0.2, 0) is 6.54 Å². The number of H-pyrrole nitrogens is 1. The Balaban J connectivity index is 1.77. The normalized spacial score (nSPS) is 15.1. The molecule has 5 nitrogen and oxygen atoms in total. The van der Waals surface area contributed by atoms with Gasteiger partial charge in [-0.3, -0.25) is 5.10 Å². The second-order valence-corrected chi connectivity index (χ2v) is 6.03. The van der Waals surface area contributed by atoms with Crippen LogP contribution in [0.5, 0.6) is 11.5 Å². The summed E-state index contributed by atoms with van der Waals surface area (Å²) in [6, 6.07) is 6.47. The zero-order valence-electron chi connectivity index (χ0n) is 13.3. The van der Waals surface area contributed by atoms with Gasteiger partial charge in [0.15, 0.2) is 11.5 Å². The maximum Gasteiger partial charge on any atom is 0.161 e. The molecule has 2 N–H and O–H groups in total. The van der Waals surface area contributed by atoms with Gasteiger partial charge in [-0.15, -0.1) is 0 Å². The third-order valence-corrected chi connectivity index (χ3v) is 4.04. The molecule has 1 atom stereocenters. The van der Waals surface area contributed by atoms with E-state index in [1.807, 2.05) is 19.2 Å². The number of nitrogens with one attached hydrogen (secondary N) is 2. The summed E-state index contributed by atoms with van der Waals surface area (Å²) >= 11 is 0. The smallest absolute Gasteiger partial charge is 0.161 e. The molecule has 0 unspecified atom stereocenters. The number of fused-ring (bicyclic) bond motifs is 1. The van der Waals surface area contributed by atoms with Crippen LogP contribution in [0.4, 0.5) is 0 Å². The van der Waals surface area contributed by atoms with Gasteiger partial charge in [-0.1, -0.05) is 19.9 Å². The molecule has 1 aliphatic rings. The number of aryl methyl sites for hydroxylation is 1. The minimum absolute atomic E-state index is 0.255. The van der Waals surface area contributed by atoms with Gasteiger partial charge in [0.25, 0.3) is 0 Å². The first-order valence-electron chi connectivity index (χ1n) is 7.77. The fraction of sp³-hybridized carbons (Fsp3) is 0.471. The molecule has 22 heavy (non-hydrogen) atoms. The van der Waals surface area contributed by atoms with E-state index in [0.29, 0.717) is 19.1 Å². The van der Waals surface area contributed by atoms with Crippen LogP contribution in [0.1, 0.15) is 36.7 Å². The number of benzene rings is 1. The highest BCUT2D eigenvalue weighted by Crippen LogP contribution is 2.34. The average Bonchev–Trinajstić information content (AvgIpc) is 2.92. The van der Waals surface area contributed by atoms with Gasteiger partial charge in [-0.25, -0.2) is 0 Å². The summed E-state index contributed by atoms with van der Waals surface area (Å²) in [6.45, 7) is 8.51. The number of rotatable bonds is 5. The lowest BCUT2D eigenvalue weighted by atomic mass is 9.95. The average molecular weight is 301 g/mol. The Kier molecular flexibility index (Phi) is 4.34. The highest BCUT2D eigenvalue weighted by molar-refractivity contribution is 5.44. The van der Waals surface area contributed by atoms with Crippen molar-refractivity contribution in [2.24, 2.45) is 5.92 Å². The maximum atomic E-state index is 5.70. The fourth-order valence-corrected chi connectivity index (χ4v) is 2.77. The van der Waals surface area contributed by atoms with Crippen molar-refractivity contribution in [3.63, 3.8) is 0 Å². The number of nitrogens with zero attached hydrogens (tertiary/aromatic N) is 1. The molecule has 1 aromatic heterocycles. The minimum Gasteiger partial charge on any atom is -0.486 e. The molecule has 2 aromatic rings. The van der Waals surface area contributed by atoms with Crippen LogP contribution in [0, 0.1) is 12.8 Å². The van der Waals surface area contributed by atoms with Gasteiger partial charge in [0, 0.05) is 23.8 Å². The highest BCUT2D eigenvalue weighted by Gasteiger charge is 2.19. The van der Waals surface area contributed by atoms with Crippen molar-refractivity contribution >= 4 is 0 Å². The molecule has 0 fully saturated rings. The first kappa shape index (κ1) is 14.9. The SMILES string of the molecule is Cc1[nH]ncc1CN[C@H](c1ccc2c(c1)OCCO2)C(C)C. The second kappa shape index (κ2) is 6.40. The lowest BCUT2D eigenvalue weighted by Gasteiger charge is -2.25. The molecule has 1 aliphatic heterocycles. The van der Waals surface area contributed by atoms with Crippen LogP contribution in [0.3, 0.4) is 0 Å². The first-order chi connectivity index (χ1) is 10.6. The van der Waals surface area contributed by atoms with Crippen LogP contribution in [0.15, 0.2) is 24.4 Å². The number of hydrogen-bond donors (Lipinski definition) is 2. The number of hydrogen-bond acceptors (Lipinski definition) is 4. The molecule has 5 heteroatoms. The van der Waals surface area contributed by atoms with Crippen LogP contribution in [0.2, 0.25) is 0 Å². The molecular formula is C17H23N3O2. The molecule has 2 heterocycles. The van der Waals surface area contributed by atoms with Gasteiger partial charge in [0.1, 0.15) is 13.2 Å².